The van der Waals surface area contributed by atoms with Crippen LogP contribution in [0, 0.1) is 0 Å². The Hall–Kier alpha value is -1.81. The molecule has 0 aliphatic rings. The van der Waals surface area contributed by atoms with Gasteiger partial charge in [-0.15, -0.1) is 0 Å². The quantitative estimate of drug-likeness (QED) is 0.909. The van der Waals surface area contributed by atoms with E-state index in [0.29, 0.717) is 0 Å². The third kappa shape index (κ3) is 3.89. The summed E-state index contributed by atoms with van der Waals surface area (Å²) >= 11 is 5.54. The van der Waals surface area contributed by atoms with Crippen LogP contribution in [0.2, 0.25) is 5.02 Å². The summed E-state index contributed by atoms with van der Waals surface area (Å²) < 4.78 is 2.03. The highest BCUT2D eigenvalue weighted by atomic mass is 35.5. The number of hydrogen-bond acceptors (Lipinski definition) is 2. The monoisotopic (exact) mass is 266 g/mol. The molecule has 2 aromatic rings. The number of aryl methyl sites for hydroxylation is 2. The number of carbonyl (C=O) groups is 1. The largest absolute Gasteiger partial charge is 0.478 e. The normalized spacial score (nSPS) is 9.50. The van der Waals surface area contributed by atoms with Gasteiger partial charge in [0.05, 0.1) is 10.6 Å². The predicted molar refractivity (Wildman–Crippen MR) is 71.0 cm³/mol. The molecule has 0 amide bonds. The summed E-state index contributed by atoms with van der Waals surface area (Å²) in [6.45, 7) is 2.10. The lowest BCUT2D eigenvalue weighted by molar-refractivity contribution is 0.0697. The van der Waals surface area contributed by atoms with E-state index in [1.807, 2.05) is 24.0 Å². The first-order valence-corrected chi connectivity index (χ1v) is 5.88. The third-order valence-corrected chi connectivity index (χ3v) is 2.67. The molecule has 0 spiro atoms. The first-order valence-electron chi connectivity index (χ1n) is 5.50. The fourth-order valence-corrected chi connectivity index (χ4v) is 1.59. The molecule has 0 radical (unpaired) electrons. The van der Waals surface area contributed by atoms with Crippen LogP contribution in [0.25, 0.3) is 0 Å². The van der Waals surface area contributed by atoms with Crippen molar-refractivity contribution in [3.05, 3.63) is 53.1 Å². The van der Waals surface area contributed by atoms with Crippen molar-refractivity contribution >= 4 is 17.6 Å². The molecule has 2 rings (SSSR count). The zero-order valence-corrected chi connectivity index (χ0v) is 11.1. The molecule has 1 aromatic heterocycles. The van der Waals surface area contributed by atoms with Gasteiger partial charge in [0.25, 0.3) is 0 Å². The highest BCUT2D eigenvalue weighted by molar-refractivity contribution is 6.33. The van der Waals surface area contributed by atoms with Crippen molar-refractivity contribution in [1.29, 1.82) is 0 Å². The number of rotatable bonds is 2. The Morgan fingerprint density at radius 3 is 2.44 bits per heavy atom. The SMILES string of the molecule is CCc1nccn1C.O=C(O)c1ccccc1Cl. The van der Waals surface area contributed by atoms with Crippen molar-refractivity contribution in [3.8, 4) is 0 Å². The van der Waals surface area contributed by atoms with Crippen LogP contribution in [0.5, 0.6) is 0 Å². The molecule has 96 valence electrons. The number of nitrogens with zero attached hydrogens (tertiary/aromatic N) is 2. The Morgan fingerprint density at radius 2 is 2.11 bits per heavy atom. The van der Waals surface area contributed by atoms with Crippen molar-refractivity contribution in [1.82, 2.24) is 9.55 Å². The Balaban J connectivity index is 0.000000184. The van der Waals surface area contributed by atoms with Crippen LogP contribution < -0.4 is 0 Å². The van der Waals surface area contributed by atoms with E-state index in [9.17, 15) is 4.79 Å². The van der Waals surface area contributed by atoms with E-state index < -0.39 is 5.97 Å². The molecule has 5 heteroatoms. The van der Waals surface area contributed by atoms with Crippen molar-refractivity contribution in [2.75, 3.05) is 0 Å². The zero-order valence-electron chi connectivity index (χ0n) is 10.3. The minimum atomic E-state index is -0.995. The van der Waals surface area contributed by atoms with E-state index >= 15 is 0 Å². The van der Waals surface area contributed by atoms with Gasteiger partial charge in [-0.1, -0.05) is 30.7 Å². The molecule has 1 aromatic carbocycles. The number of aromatic nitrogens is 2. The summed E-state index contributed by atoms with van der Waals surface area (Å²) in [6, 6.07) is 6.33. The molecule has 0 aliphatic heterocycles. The average molecular weight is 267 g/mol. The van der Waals surface area contributed by atoms with Crippen LogP contribution in [-0.2, 0) is 13.5 Å². The summed E-state index contributed by atoms with van der Waals surface area (Å²) in [4.78, 5) is 14.4. The summed E-state index contributed by atoms with van der Waals surface area (Å²) in [5.74, 6) is 0.149. The zero-order chi connectivity index (χ0) is 13.5. The molecule has 1 heterocycles. The highest BCUT2D eigenvalue weighted by Crippen LogP contribution is 2.13. The number of imidazole rings is 1. The predicted octanol–water partition coefficient (Wildman–Crippen LogP) is 3.02. The van der Waals surface area contributed by atoms with E-state index in [1.54, 1.807) is 18.2 Å². The maximum Gasteiger partial charge on any atom is 0.337 e. The maximum atomic E-state index is 10.3. The summed E-state index contributed by atoms with van der Waals surface area (Å²) in [6.07, 6.45) is 4.79. The molecular formula is C13H15ClN2O2. The second-order valence-corrected chi connectivity index (χ2v) is 4.00. The second kappa shape index (κ2) is 6.81. The van der Waals surface area contributed by atoms with Crippen LogP contribution >= 0.6 is 11.6 Å². The van der Waals surface area contributed by atoms with Gasteiger partial charge in [-0.05, 0) is 12.1 Å². The van der Waals surface area contributed by atoms with Crippen molar-refractivity contribution in [2.24, 2.45) is 7.05 Å². The van der Waals surface area contributed by atoms with Crippen LogP contribution in [0.15, 0.2) is 36.7 Å². The fraction of sp³-hybridized carbons (Fsp3) is 0.231. The molecule has 0 unspecified atom stereocenters. The standard InChI is InChI=1S/C7H5ClO2.C6H10N2/c8-6-4-2-1-3-5(6)7(9)10;1-3-6-7-4-5-8(6)2/h1-4H,(H,9,10);4-5H,3H2,1-2H3. The Labute approximate surface area is 111 Å². The van der Waals surface area contributed by atoms with Gasteiger partial charge < -0.3 is 9.67 Å². The number of hydrogen-bond donors (Lipinski definition) is 1. The molecule has 0 fully saturated rings. The van der Waals surface area contributed by atoms with Crippen LogP contribution in [-0.4, -0.2) is 20.6 Å². The highest BCUT2D eigenvalue weighted by Gasteiger charge is 2.04. The van der Waals surface area contributed by atoms with Gasteiger partial charge >= 0.3 is 5.97 Å². The molecule has 0 bridgehead atoms. The van der Waals surface area contributed by atoms with E-state index in [4.69, 9.17) is 16.7 Å². The van der Waals surface area contributed by atoms with Crippen molar-refractivity contribution in [2.45, 2.75) is 13.3 Å². The number of halogens is 1. The lowest BCUT2D eigenvalue weighted by atomic mass is 10.2. The first-order chi connectivity index (χ1) is 8.56. The second-order valence-electron chi connectivity index (χ2n) is 3.59. The third-order valence-electron chi connectivity index (χ3n) is 2.34. The summed E-state index contributed by atoms with van der Waals surface area (Å²) in [7, 11) is 2.01. The van der Waals surface area contributed by atoms with E-state index in [1.165, 1.54) is 6.07 Å². The van der Waals surface area contributed by atoms with E-state index in [2.05, 4.69) is 11.9 Å². The van der Waals surface area contributed by atoms with Crippen LogP contribution in [0.4, 0.5) is 0 Å². The van der Waals surface area contributed by atoms with Gasteiger partial charge in [0.15, 0.2) is 0 Å². The molecule has 18 heavy (non-hydrogen) atoms. The number of benzene rings is 1. The molecule has 1 N–H and O–H groups in total. The molecule has 0 saturated carbocycles. The lowest BCUT2D eigenvalue weighted by Crippen LogP contribution is -1.95. The fourth-order valence-electron chi connectivity index (χ4n) is 1.37. The number of aromatic carboxylic acids is 1. The Morgan fingerprint density at radius 1 is 1.44 bits per heavy atom. The maximum absolute atomic E-state index is 10.3. The van der Waals surface area contributed by atoms with Gasteiger partial charge in [0.1, 0.15) is 5.82 Å². The van der Waals surface area contributed by atoms with Crippen LogP contribution in [0.3, 0.4) is 0 Å². The first kappa shape index (κ1) is 14.3. The molecule has 0 aliphatic carbocycles. The average Bonchev–Trinajstić information content (AvgIpc) is 2.76. The minimum Gasteiger partial charge on any atom is -0.478 e. The lowest BCUT2D eigenvalue weighted by Gasteiger charge is -1.94. The van der Waals surface area contributed by atoms with Gasteiger partial charge in [-0.3, -0.25) is 0 Å². The van der Waals surface area contributed by atoms with Crippen molar-refractivity contribution in [3.63, 3.8) is 0 Å². The Bertz CT molecular complexity index is 523. The molecule has 0 saturated heterocycles. The number of carboxylic acids is 1. The van der Waals surface area contributed by atoms with Crippen molar-refractivity contribution < 1.29 is 9.90 Å². The molecule has 0 atom stereocenters. The number of carboxylic acid groups (broad SMARTS) is 1. The van der Waals surface area contributed by atoms with Gasteiger partial charge in [0.2, 0.25) is 0 Å². The minimum absolute atomic E-state index is 0.143. The summed E-state index contributed by atoms with van der Waals surface area (Å²) in [5.41, 5.74) is 0.143. The smallest absolute Gasteiger partial charge is 0.337 e. The van der Waals surface area contributed by atoms with E-state index in [0.717, 1.165) is 12.2 Å². The molecular weight excluding hydrogens is 252 g/mol. The van der Waals surface area contributed by atoms with Gasteiger partial charge in [-0.2, -0.15) is 0 Å². The van der Waals surface area contributed by atoms with Gasteiger partial charge in [-0.25, -0.2) is 9.78 Å². The summed E-state index contributed by atoms with van der Waals surface area (Å²) in [5, 5.41) is 8.75. The van der Waals surface area contributed by atoms with E-state index in [-0.39, 0.29) is 10.6 Å². The van der Waals surface area contributed by atoms with Gasteiger partial charge in [0, 0.05) is 25.9 Å². The van der Waals surface area contributed by atoms with Crippen LogP contribution in [0.1, 0.15) is 23.1 Å². The Kier molecular flexibility index (Phi) is 5.39. The molecule has 4 nitrogen and oxygen atoms in total. The topological polar surface area (TPSA) is 55.1 Å².